The summed E-state index contributed by atoms with van der Waals surface area (Å²) in [4.78, 5) is 2.41. The lowest BCUT2D eigenvalue weighted by Crippen LogP contribution is -2.24. The number of furan rings is 1. The molecule has 9 aromatic rings. The summed E-state index contributed by atoms with van der Waals surface area (Å²) >= 11 is 0. The van der Waals surface area contributed by atoms with Crippen LogP contribution in [-0.4, -0.2) is 0 Å². The number of para-hydroxylation sites is 3. The predicted molar refractivity (Wildman–Crippen MR) is 249 cm³/mol. The van der Waals surface area contributed by atoms with Crippen molar-refractivity contribution in [2.24, 2.45) is 0 Å². The summed E-state index contributed by atoms with van der Waals surface area (Å²) in [6.07, 6.45) is 0. The van der Waals surface area contributed by atoms with Crippen LogP contribution >= 0.6 is 0 Å². The van der Waals surface area contributed by atoms with Crippen molar-refractivity contribution in [3.8, 4) is 33.4 Å². The molecule has 0 saturated heterocycles. The highest BCUT2D eigenvalue weighted by Crippen LogP contribution is 2.57. The Bertz CT molecular complexity index is 2990. The van der Waals surface area contributed by atoms with Crippen LogP contribution in [0.2, 0.25) is 0 Å². The number of fused-ring (bicyclic) bond motifs is 8. The second kappa shape index (κ2) is 14.2. The standard InChI is InChI=1S/C52H39NO.2C2H6/c1-51(2)42-23-13-18-33-17-12-21-38(49(33)42)41-31-44-40(30-45(41)51)36-28-27-34(29-43(36)52(44,3)4)53(46-24-10-8-19-35(46)32-15-6-5-7-16-32)47-25-14-22-39-37-20-9-11-26-48(37)54-50(39)47;2*1-2/h5-31H,1-4H3;2*1-2H3. The maximum atomic E-state index is 6.72. The summed E-state index contributed by atoms with van der Waals surface area (Å²) in [5.41, 5.74) is 17.9. The lowest BCUT2D eigenvalue weighted by atomic mass is 9.67. The molecule has 0 aliphatic heterocycles. The fraction of sp³-hybridized carbons (Fsp3) is 0.179. The second-order valence-electron chi connectivity index (χ2n) is 16.1. The van der Waals surface area contributed by atoms with Crippen LogP contribution in [0.15, 0.2) is 168 Å². The lowest BCUT2D eigenvalue weighted by molar-refractivity contribution is 0.639. The van der Waals surface area contributed by atoms with E-state index < -0.39 is 0 Å². The summed E-state index contributed by atoms with van der Waals surface area (Å²) in [7, 11) is 0. The molecular formula is C56H51NO. The van der Waals surface area contributed by atoms with E-state index in [1.54, 1.807) is 0 Å². The molecule has 0 unspecified atom stereocenters. The first-order valence-corrected chi connectivity index (χ1v) is 21.0. The van der Waals surface area contributed by atoms with Crippen LogP contribution < -0.4 is 4.90 Å². The summed E-state index contributed by atoms with van der Waals surface area (Å²) < 4.78 is 6.72. The van der Waals surface area contributed by atoms with Gasteiger partial charge in [-0.2, -0.15) is 0 Å². The average molecular weight is 754 g/mol. The molecule has 1 heterocycles. The van der Waals surface area contributed by atoms with E-state index in [1.165, 1.54) is 60.8 Å². The third kappa shape index (κ3) is 5.46. The van der Waals surface area contributed by atoms with Gasteiger partial charge >= 0.3 is 0 Å². The van der Waals surface area contributed by atoms with Crippen molar-refractivity contribution in [1.29, 1.82) is 0 Å². The van der Waals surface area contributed by atoms with Gasteiger partial charge in [-0.25, -0.2) is 0 Å². The van der Waals surface area contributed by atoms with E-state index in [4.69, 9.17) is 4.42 Å². The smallest absolute Gasteiger partial charge is 0.159 e. The molecule has 286 valence electrons. The summed E-state index contributed by atoms with van der Waals surface area (Å²) in [5, 5.41) is 4.94. The molecule has 1 aromatic heterocycles. The Labute approximate surface area is 343 Å². The van der Waals surface area contributed by atoms with Crippen LogP contribution in [-0.2, 0) is 10.8 Å². The SMILES string of the molecule is CC.CC.CC1(C)c2cc(N(c3ccccc3-c3ccccc3)c3cccc4c3oc3ccccc34)ccc2-c2cc3c(cc21)-c1cccc2cccc(c12)C3(C)C. The third-order valence-electron chi connectivity index (χ3n) is 12.5. The molecule has 0 N–H and O–H groups in total. The molecule has 11 rings (SSSR count). The van der Waals surface area contributed by atoms with E-state index in [9.17, 15) is 0 Å². The zero-order valence-corrected chi connectivity index (χ0v) is 34.9. The molecule has 2 aliphatic carbocycles. The Morgan fingerprint density at radius 2 is 0.983 bits per heavy atom. The van der Waals surface area contributed by atoms with Gasteiger partial charge in [-0.15, -0.1) is 0 Å². The van der Waals surface area contributed by atoms with Crippen molar-refractivity contribution in [2.75, 3.05) is 4.90 Å². The number of hydrogen-bond acceptors (Lipinski definition) is 2. The minimum Gasteiger partial charge on any atom is -0.454 e. The highest BCUT2D eigenvalue weighted by Gasteiger charge is 2.41. The van der Waals surface area contributed by atoms with E-state index in [0.717, 1.165) is 44.6 Å². The van der Waals surface area contributed by atoms with Crippen molar-refractivity contribution in [1.82, 2.24) is 0 Å². The Kier molecular flexibility index (Phi) is 9.12. The zero-order chi connectivity index (χ0) is 40.3. The van der Waals surface area contributed by atoms with Gasteiger partial charge in [0, 0.05) is 32.9 Å². The Hall–Kier alpha value is -6.38. The topological polar surface area (TPSA) is 16.4 Å². The van der Waals surface area contributed by atoms with Crippen LogP contribution in [0.4, 0.5) is 17.1 Å². The van der Waals surface area contributed by atoms with Gasteiger partial charge in [0.05, 0.1) is 11.4 Å². The number of benzene rings is 8. The molecular weight excluding hydrogens is 703 g/mol. The Morgan fingerprint density at radius 3 is 1.76 bits per heavy atom. The quantitative estimate of drug-likeness (QED) is 0.178. The first kappa shape index (κ1) is 37.2. The molecule has 2 aliphatic rings. The van der Waals surface area contributed by atoms with Crippen LogP contribution in [0.25, 0.3) is 66.1 Å². The van der Waals surface area contributed by atoms with Gasteiger partial charge in [0.25, 0.3) is 0 Å². The largest absolute Gasteiger partial charge is 0.454 e. The van der Waals surface area contributed by atoms with E-state index in [2.05, 4.69) is 190 Å². The Balaban J connectivity index is 0.00000106. The van der Waals surface area contributed by atoms with E-state index in [0.29, 0.717) is 0 Å². The number of anilines is 3. The van der Waals surface area contributed by atoms with Gasteiger partial charge in [0.2, 0.25) is 0 Å². The number of rotatable bonds is 4. The number of hydrogen-bond donors (Lipinski definition) is 0. The minimum atomic E-state index is -0.222. The van der Waals surface area contributed by atoms with Crippen molar-refractivity contribution in [3.05, 3.63) is 186 Å². The molecule has 0 saturated carbocycles. The molecule has 8 aromatic carbocycles. The highest BCUT2D eigenvalue weighted by molar-refractivity contribution is 6.11. The molecule has 2 heteroatoms. The summed E-state index contributed by atoms with van der Waals surface area (Å²) in [5.74, 6) is 0. The van der Waals surface area contributed by atoms with Crippen LogP contribution in [0.5, 0.6) is 0 Å². The van der Waals surface area contributed by atoms with E-state index in [1.807, 2.05) is 33.8 Å². The van der Waals surface area contributed by atoms with Crippen molar-refractivity contribution < 1.29 is 4.42 Å². The normalized spacial score (nSPS) is 13.8. The summed E-state index contributed by atoms with van der Waals surface area (Å²) in [6, 6.07) is 60.1. The molecule has 58 heavy (non-hydrogen) atoms. The Morgan fingerprint density at radius 1 is 0.414 bits per heavy atom. The fourth-order valence-corrected chi connectivity index (χ4v) is 9.73. The van der Waals surface area contributed by atoms with Crippen molar-refractivity contribution in [2.45, 2.75) is 66.2 Å². The molecule has 0 spiro atoms. The van der Waals surface area contributed by atoms with Gasteiger partial charge in [-0.05, 0) is 103 Å². The van der Waals surface area contributed by atoms with E-state index >= 15 is 0 Å². The molecule has 0 atom stereocenters. The van der Waals surface area contributed by atoms with Gasteiger partial charge in [-0.3, -0.25) is 0 Å². The molecule has 0 fully saturated rings. The third-order valence-corrected chi connectivity index (χ3v) is 12.5. The lowest BCUT2D eigenvalue weighted by Gasteiger charge is -2.36. The van der Waals surface area contributed by atoms with Crippen LogP contribution in [0, 0.1) is 0 Å². The predicted octanol–water partition coefficient (Wildman–Crippen LogP) is 16.5. The first-order valence-electron chi connectivity index (χ1n) is 21.0. The maximum absolute atomic E-state index is 6.72. The first-order chi connectivity index (χ1) is 28.3. The molecule has 2 nitrogen and oxygen atoms in total. The second-order valence-corrected chi connectivity index (χ2v) is 16.1. The van der Waals surface area contributed by atoms with Gasteiger partial charge in [-0.1, -0.05) is 177 Å². The van der Waals surface area contributed by atoms with Gasteiger partial charge < -0.3 is 9.32 Å². The van der Waals surface area contributed by atoms with Crippen LogP contribution in [0.1, 0.15) is 77.6 Å². The van der Waals surface area contributed by atoms with Crippen molar-refractivity contribution >= 4 is 49.8 Å². The minimum absolute atomic E-state index is 0.131. The monoisotopic (exact) mass is 753 g/mol. The molecule has 0 bridgehead atoms. The number of nitrogens with zero attached hydrogens (tertiary/aromatic N) is 1. The van der Waals surface area contributed by atoms with Gasteiger partial charge in [0.1, 0.15) is 5.58 Å². The van der Waals surface area contributed by atoms with Crippen LogP contribution in [0.3, 0.4) is 0 Å². The fourth-order valence-electron chi connectivity index (χ4n) is 9.73. The maximum Gasteiger partial charge on any atom is 0.159 e. The van der Waals surface area contributed by atoms with E-state index in [-0.39, 0.29) is 10.8 Å². The molecule has 0 amide bonds. The molecule has 0 radical (unpaired) electrons. The van der Waals surface area contributed by atoms with Gasteiger partial charge in [0.15, 0.2) is 5.58 Å². The van der Waals surface area contributed by atoms with Crippen molar-refractivity contribution in [3.63, 3.8) is 0 Å². The summed E-state index contributed by atoms with van der Waals surface area (Å²) in [6.45, 7) is 17.6. The zero-order valence-electron chi connectivity index (χ0n) is 34.9. The average Bonchev–Trinajstić information content (AvgIpc) is 3.76. The highest BCUT2D eigenvalue weighted by atomic mass is 16.3.